The van der Waals surface area contributed by atoms with Crippen LogP contribution in [0, 0.1) is 0 Å². The van der Waals surface area contributed by atoms with Gasteiger partial charge in [-0.2, -0.15) is 0 Å². The average molecular weight is 386 g/mol. The number of rotatable bonds is 7. The van der Waals surface area contributed by atoms with E-state index in [0.717, 1.165) is 21.4 Å². The van der Waals surface area contributed by atoms with E-state index in [9.17, 15) is 19.1 Å². The molecule has 0 aromatic heterocycles. The van der Waals surface area contributed by atoms with Gasteiger partial charge in [0.1, 0.15) is 0 Å². The Balaban J connectivity index is 0.00000312. The molecule has 0 fully saturated rings. The lowest BCUT2D eigenvalue weighted by Gasteiger charge is -2.27. The van der Waals surface area contributed by atoms with Gasteiger partial charge in [-0.1, -0.05) is 54.6 Å². The smallest absolute Gasteiger partial charge is 0.403 e. The second-order valence-corrected chi connectivity index (χ2v) is 7.26. The number of hydrogen-bond acceptors (Lipinski definition) is 2. The highest BCUT2D eigenvalue weighted by atomic mass is 35.5. The summed E-state index contributed by atoms with van der Waals surface area (Å²) in [5.41, 5.74) is 2.91. The van der Waals surface area contributed by atoms with Gasteiger partial charge >= 0.3 is 13.7 Å². The fraction of sp³-hybridized carbons (Fsp3) is 0.235. The number of halogens is 1. The molecule has 2 rings (SSSR count). The van der Waals surface area contributed by atoms with Gasteiger partial charge in [0, 0.05) is 6.04 Å². The first-order chi connectivity index (χ1) is 11.3. The molecule has 0 aliphatic carbocycles. The number of carbonyl (C=O) groups is 1. The second kappa shape index (κ2) is 9.13. The molecular formula is C17H21ClNO5P. The quantitative estimate of drug-likeness (QED) is 0.633. The number of hydrogen-bond donors (Lipinski definition) is 3. The molecule has 2 aromatic rings. The van der Waals surface area contributed by atoms with Crippen molar-refractivity contribution in [3.05, 3.63) is 60.2 Å². The lowest BCUT2D eigenvalue weighted by Crippen LogP contribution is -2.33. The summed E-state index contributed by atoms with van der Waals surface area (Å²) in [5.74, 6) is -1.10. The highest BCUT2D eigenvalue weighted by molar-refractivity contribution is 7.49. The van der Waals surface area contributed by atoms with E-state index in [1.54, 1.807) is 0 Å². The van der Waals surface area contributed by atoms with Crippen LogP contribution < -0.4 is 0 Å². The molecule has 0 radical (unpaired) electrons. The lowest BCUT2D eigenvalue weighted by atomic mass is 9.99. The molecule has 0 amide bonds. The van der Waals surface area contributed by atoms with Crippen LogP contribution in [0.5, 0.6) is 0 Å². The molecule has 6 nitrogen and oxygen atoms in total. The van der Waals surface area contributed by atoms with Crippen LogP contribution >= 0.6 is 20.2 Å². The molecule has 0 spiro atoms. The monoisotopic (exact) mass is 385 g/mol. The van der Waals surface area contributed by atoms with E-state index in [0.29, 0.717) is 0 Å². The summed E-state index contributed by atoms with van der Waals surface area (Å²) in [4.78, 5) is 29.6. The summed E-state index contributed by atoms with van der Waals surface area (Å²) in [6, 6.07) is 16.6. The maximum absolute atomic E-state index is 11.4. The van der Waals surface area contributed by atoms with Crippen LogP contribution in [0.1, 0.15) is 12.0 Å². The number of carboxylic acids is 1. The van der Waals surface area contributed by atoms with E-state index < -0.39 is 19.8 Å². The van der Waals surface area contributed by atoms with Crippen molar-refractivity contribution < 1.29 is 24.3 Å². The van der Waals surface area contributed by atoms with Gasteiger partial charge in [-0.05, 0) is 30.2 Å². The Morgan fingerprint density at radius 2 is 1.56 bits per heavy atom. The first-order valence-corrected chi connectivity index (χ1v) is 8.99. The second-order valence-electron chi connectivity index (χ2n) is 5.61. The minimum Gasteiger partial charge on any atom is -0.481 e. The van der Waals surface area contributed by atoms with Crippen LogP contribution in [-0.2, 0) is 15.8 Å². The van der Waals surface area contributed by atoms with Crippen molar-refractivity contribution in [1.82, 2.24) is 4.67 Å². The Labute approximate surface area is 152 Å². The molecule has 0 aliphatic heterocycles. The van der Waals surface area contributed by atoms with Crippen molar-refractivity contribution in [3.8, 4) is 11.1 Å². The summed E-state index contributed by atoms with van der Waals surface area (Å²) in [5, 5.41) is 8.99. The lowest BCUT2D eigenvalue weighted by molar-refractivity contribution is -0.138. The molecule has 3 N–H and O–H groups in total. The maximum Gasteiger partial charge on any atom is 0.403 e. The molecule has 0 heterocycles. The number of aliphatic carboxylic acids is 1. The van der Waals surface area contributed by atoms with Crippen LogP contribution in [0.3, 0.4) is 0 Å². The first-order valence-electron chi connectivity index (χ1n) is 7.42. The fourth-order valence-electron chi connectivity index (χ4n) is 2.49. The van der Waals surface area contributed by atoms with Gasteiger partial charge in [0.15, 0.2) is 0 Å². The first kappa shape index (κ1) is 21.4. The minimum atomic E-state index is -4.49. The number of nitrogens with zero attached hydrogens (tertiary/aromatic N) is 1. The molecule has 1 atom stereocenters. The molecule has 25 heavy (non-hydrogen) atoms. The zero-order valence-electron chi connectivity index (χ0n) is 13.6. The third kappa shape index (κ3) is 6.27. The van der Waals surface area contributed by atoms with E-state index in [2.05, 4.69) is 0 Å². The van der Waals surface area contributed by atoms with Crippen LogP contribution in [-0.4, -0.2) is 38.6 Å². The predicted octanol–water partition coefficient (Wildman–Crippen LogP) is 3.19. The molecule has 136 valence electrons. The van der Waals surface area contributed by atoms with Crippen molar-refractivity contribution in [3.63, 3.8) is 0 Å². The molecule has 0 saturated carbocycles. The fourth-order valence-corrected chi connectivity index (χ4v) is 3.08. The Hall–Kier alpha value is -1.69. The summed E-state index contributed by atoms with van der Waals surface area (Å²) in [7, 11) is -3.25. The van der Waals surface area contributed by atoms with E-state index in [4.69, 9.17) is 5.11 Å². The van der Waals surface area contributed by atoms with Crippen molar-refractivity contribution >= 4 is 26.1 Å². The molecule has 2 aromatic carbocycles. The van der Waals surface area contributed by atoms with Gasteiger partial charge in [-0.3, -0.25) is 4.79 Å². The topological polar surface area (TPSA) is 98.1 Å². The van der Waals surface area contributed by atoms with Gasteiger partial charge in [-0.25, -0.2) is 9.24 Å². The Morgan fingerprint density at radius 3 is 2.04 bits per heavy atom. The third-order valence-corrected chi connectivity index (χ3v) is 5.03. The van der Waals surface area contributed by atoms with Gasteiger partial charge in [0.05, 0.1) is 6.42 Å². The minimum absolute atomic E-state index is 0. The molecule has 0 saturated heterocycles. The largest absolute Gasteiger partial charge is 0.481 e. The van der Waals surface area contributed by atoms with E-state index in [1.165, 1.54) is 7.05 Å². The highest BCUT2D eigenvalue weighted by Gasteiger charge is 2.30. The van der Waals surface area contributed by atoms with Gasteiger partial charge < -0.3 is 14.9 Å². The summed E-state index contributed by atoms with van der Waals surface area (Å²) in [6.45, 7) is 0. The summed E-state index contributed by atoms with van der Waals surface area (Å²) < 4.78 is 12.2. The van der Waals surface area contributed by atoms with Crippen LogP contribution in [0.4, 0.5) is 0 Å². The standard InChI is InChI=1S/C17H20NO5P.ClH/c1-18(24(21,22)23)16(12-17(19)20)11-13-7-9-15(10-8-13)14-5-3-2-4-6-14;/h2-10,16H,11-12H2,1H3,(H,19,20)(H2,21,22,23);1H/t16-;/m0./s1. The van der Waals surface area contributed by atoms with Crippen molar-refractivity contribution in [1.29, 1.82) is 0 Å². The van der Waals surface area contributed by atoms with E-state index >= 15 is 0 Å². The van der Waals surface area contributed by atoms with Crippen molar-refractivity contribution in [2.24, 2.45) is 0 Å². The summed E-state index contributed by atoms with van der Waals surface area (Å²) in [6.07, 6.45) is -0.106. The molecular weight excluding hydrogens is 365 g/mol. The number of benzene rings is 2. The van der Waals surface area contributed by atoms with Crippen LogP contribution in [0.15, 0.2) is 54.6 Å². The Morgan fingerprint density at radius 1 is 1.04 bits per heavy atom. The van der Waals surface area contributed by atoms with E-state index in [1.807, 2.05) is 54.6 Å². The van der Waals surface area contributed by atoms with E-state index in [-0.39, 0.29) is 25.2 Å². The highest BCUT2D eigenvalue weighted by Crippen LogP contribution is 2.41. The predicted molar refractivity (Wildman–Crippen MR) is 98.7 cm³/mol. The zero-order valence-corrected chi connectivity index (χ0v) is 15.4. The van der Waals surface area contributed by atoms with Crippen LogP contribution in [0.25, 0.3) is 11.1 Å². The maximum atomic E-state index is 11.4. The summed E-state index contributed by atoms with van der Waals surface area (Å²) >= 11 is 0. The normalized spacial score (nSPS) is 12.5. The number of carboxylic acid groups (broad SMARTS) is 1. The Kier molecular flexibility index (Phi) is 7.80. The zero-order chi connectivity index (χ0) is 17.7. The van der Waals surface area contributed by atoms with Crippen molar-refractivity contribution in [2.75, 3.05) is 7.05 Å². The van der Waals surface area contributed by atoms with Gasteiger partial charge in [-0.15, -0.1) is 12.4 Å². The molecule has 0 unspecified atom stereocenters. The average Bonchev–Trinajstić information content (AvgIpc) is 2.54. The van der Waals surface area contributed by atoms with Crippen LogP contribution in [0.2, 0.25) is 0 Å². The van der Waals surface area contributed by atoms with Crippen molar-refractivity contribution in [2.45, 2.75) is 18.9 Å². The molecule has 0 aliphatic rings. The number of likely N-dealkylation sites (N-methyl/N-ethyl adjacent to an activating group) is 1. The van der Waals surface area contributed by atoms with Gasteiger partial charge in [0.2, 0.25) is 0 Å². The molecule has 8 heteroatoms. The third-order valence-electron chi connectivity index (χ3n) is 3.88. The molecule has 0 bridgehead atoms. The Bertz CT molecular complexity index is 732. The van der Waals surface area contributed by atoms with Gasteiger partial charge in [0.25, 0.3) is 0 Å². The SMILES string of the molecule is CN([C@H](CC(=O)O)Cc1ccc(-c2ccccc2)cc1)P(=O)(O)O.Cl.